The Morgan fingerprint density at radius 3 is 2.95 bits per heavy atom. The van der Waals surface area contributed by atoms with Crippen molar-refractivity contribution >= 4 is 11.8 Å². The molecule has 0 bridgehead atoms. The monoisotopic (exact) mass is 275 g/mol. The number of aliphatic hydroxyl groups excluding tert-OH is 1. The molecular weight excluding hydrogens is 258 g/mol. The Morgan fingerprint density at radius 2 is 2.25 bits per heavy atom. The summed E-state index contributed by atoms with van der Waals surface area (Å²) in [5, 5.41) is 11.3. The van der Waals surface area contributed by atoms with E-state index in [0.717, 1.165) is 0 Å². The maximum atomic E-state index is 11.9. The average molecular weight is 275 g/mol. The van der Waals surface area contributed by atoms with Crippen LogP contribution in [0.25, 0.3) is 0 Å². The zero-order valence-corrected chi connectivity index (χ0v) is 11.1. The van der Waals surface area contributed by atoms with Crippen LogP contribution in [0.4, 0.5) is 0 Å². The molecule has 0 saturated heterocycles. The van der Waals surface area contributed by atoms with Crippen LogP contribution in [-0.2, 0) is 4.79 Å². The van der Waals surface area contributed by atoms with E-state index in [1.807, 2.05) is 0 Å². The first-order chi connectivity index (χ1) is 9.65. The standard InChI is InChI=1S/C14H17N3O3/c15-12(19)7-4-9-17-14(20)13-11(5-1-2-10-18)6-3-8-16-13/h3,6,8,18H,2,4,7,9-10H2,(H2,15,19)(H,17,20). The Kier molecular flexibility index (Phi) is 6.79. The van der Waals surface area contributed by atoms with E-state index in [4.69, 9.17) is 10.8 Å². The van der Waals surface area contributed by atoms with E-state index in [9.17, 15) is 9.59 Å². The summed E-state index contributed by atoms with van der Waals surface area (Å²) in [6, 6.07) is 3.38. The number of nitrogens with two attached hydrogens (primary N) is 1. The molecular formula is C14H17N3O3. The van der Waals surface area contributed by atoms with Gasteiger partial charge < -0.3 is 16.2 Å². The summed E-state index contributed by atoms with van der Waals surface area (Å²) in [5.41, 5.74) is 5.75. The minimum atomic E-state index is -0.396. The lowest BCUT2D eigenvalue weighted by Gasteiger charge is -2.05. The largest absolute Gasteiger partial charge is 0.395 e. The van der Waals surface area contributed by atoms with Crippen LogP contribution in [0, 0.1) is 11.8 Å². The fraction of sp³-hybridized carbons (Fsp3) is 0.357. The van der Waals surface area contributed by atoms with Crippen LogP contribution >= 0.6 is 0 Å². The van der Waals surface area contributed by atoms with Gasteiger partial charge in [0.2, 0.25) is 5.91 Å². The number of aliphatic hydroxyl groups is 1. The zero-order valence-electron chi connectivity index (χ0n) is 11.1. The summed E-state index contributed by atoms with van der Waals surface area (Å²) in [6.07, 6.45) is 2.56. The first-order valence-electron chi connectivity index (χ1n) is 6.26. The van der Waals surface area contributed by atoms with Crippen molar-refractivity contribution in [2.75, 3.05) is 13.2 Å². The number of rotatable bonds is 6. The van der Waals surface area contributed by atoms with Gasteiger partial charge in [-0.25, -0.2) is 4.98 Å². The SMILES string of the molecule is NC(=O)CCCNC(=O)c1ncccc1C#CCCO. The molecule has 0 unspecified atom stereocenters. The normalized spacial score (nSPS) is 9.45. The smallest absolute Gasteiger partial charge is 0.271 e. The van der Waals surface area contributed by atoms with Gasteiger partial charge in [0.05, 0.1) is 12.2 Å². The van der Waals surface area contributed by atoms with Crippen molar-refractivity contribution in [3.8, 4) is 11.8 Å². The summed E-state index contributed by atoms with van der Waals surface area (Å²) in [6.45, 7) is 0.323. The molecule has 0 saturated carbocycles. The molecule has 2 amide bonds. The highest BCUT2D eigenvalue weighted by Crippen LogP contribution is 2.03. The quantitative estimate of drug-likeness (QED) is 0.494. The van der Waals surface area contributed by atoms with Crippen LogP contribution in [0.5, 0.6) is 0 Å². The van der Waals surface area contributed by atoms with Gasteiger partial charge in [0, 0.05) is 25.6 Å². The van der Waals surface area contributed by atoms with Crippen molar-refractivity contribution in [2.24, 2.45) is 5.73 Å². The summed E-state index contributed by atoms with van der Waals surface area (Å²) in [7, 11) is 0. The Balaban J connectivity index is 2.64. The number of nitrogens with zero attached hydrogens (tertiary/aromatic N) is 1. The number of hydrogen-bond acceptors (Lipinski definition) is 4. The summed E-state index contributed by atoms with van der Waals surface area (Å²) < 4.78 is 0. The van der Waals surface area contributed by atoms with Crippen molar-refractivity contribution < 1.29 is 14.7 Å². The fourth-order valence-electron chi connectivity index (χ4n) is 1.45. The molecule has 4 N–H and O–H groups in total. The van der Waals surface area contributed by atoms with Gasteiger partial charge in [-0.1, -0.05) is 11.8 Å². The number of amides is 2. The van der Waals surface area contributed by atoms with Crippen LogP contribution in [0.15, 0.2) is 18.3 Å². The van der Waals surface area contributed by atoms with E-state index in [0.29, 0.717) is 24.9 Å². The van der Waals surface area contributed by atoms with Crippen molar-refractivity contribution in [2.45, 2.75) is 19.3 Å². The molecule has 6 heteroatoms. The van der Waals surface area contributed by atoms with Crippen molar-refractivity contribution in [3.05, 3.63) is 29.6 Å². The lowest BCUT2D eigenvalue weighted by molar-refractivity contribution is -0.118. The van der Waals surface area contributed by atoms with Crippen LogP contribution < -0.4 is 11.1 Å². The predicted molar refractivity (Wildman–Crippen MR) is 73.6 cm³/mol. The van der Waals surface area contributed by atoms with Crippen LogP contribution in [-0.4, -0.2) is 35.1 Å². The lowest BCUT2D eigenvalue weighted by Crippen LogP contribution is -2.27. The second kappa shape index (κ2) is 8.67. The molecule has 6 nitrogen and oxygen atoms in total. The third-order valence-electron chi connectivity index (χ3n) is 2.37. The third-order valence-corrected chi connectivity index (χ3v) is 2.37. The highest BCUT2D eigenvalue weighted by molar-refractivity contribution is 5.94. The summed E-state index contributed by atoms with van der Waals surface area (Å²) in [5.74, 6) is 4.80. The van der Waals surface area contributed by atoms with Crippen LogP contribution in [0.1, 0.15) is 35.3 Å². The number of carbonyl (C=O) groups is 2. The summed E-state index contributed by atoms with van der Waals surface area (Å²) in [4.78, 5) is 26.5. The third kappa shape index (κ3) is 5.50. The van der Waals surface area contributed by atoms with Gasteiger partial charge in [-0.3, -0.25) is 9.59 Å². The van der Waals surface area contributed by atoms with Crippen molar-refractivity contribution in [1.82, 2.24) is 10.3 Å². The van der Waals surface area contributed by atoms with Crippen molar-refractivity contribution in [3.63, 3.8) is 0 Å². The van der Waals surface area contributed by atoms with Gasteiger partial charge >= 0.3 is 0 Å². The molecule has 20 heavy (non-hydrogen) atoms. The van der Waals surface area contributed by atoms with E-state index >= 15 is 0 Å². The number of nitrogens with one attached hydrogen (secondary N) is 1. The maximum Gasteiger partial charge on any atom is 0.271 e. The van der Waals surface area contributed by atoms with Gasteiger partial charge in [-0.05, 0) is 18.6 Å². The van der Waals surface area contributed by atoms with Gasteiger partial charge in [0.1, 0.15) is 5.69 Å². The molecule has 0 aliphatic heterocycles. The molecule has 106 valence electrons. The Hall–Kier alpha value is -2.39. The molecule has 1 rings (SSSR count). The number of pyridine rings is 1. The predicted octanol–water partition coefficient (Wildman–Crippen LogP) is -0.189. The van der Waals surface area contributed by atoms with E-state index in [2.05, 4.69) is 22.1 Å². The molecule has 1 aromatic rings. The van der Waals surface area contributed by atoms with E-state index in [1.54, 1.807) is 12.1 Å². The number of primary amides is 1. The average Bonchev–Trinajstić information content (AvgIpc) is 2.44. The van der Waals surface area contributed by atoms with E-state index < -0.39 is 5.91 Å². The summed E-state index contributed by atoms with van der Waals surface area (Å²) >= 11 is 0. The van der Waals surface area contributed by atoms with Crippen LogP contribution in [0.3, 0.4) is 0 Å². The topological polar surface area (TPSA) is 105 Å². The Bertz CT molecular complexity index is 532. The second-order valence-electron chi connectivity index (χ2n) is 4.00. The minimum Gasteiger partial charge on any atom is -0.395 e. The lowest BCUT2D eigenvalue weighted by atomic mass is 10.2. The van der Waals surface area contributed by atoms with E-state index in [-0.39, 0.29) is 24.6 Å². The highest BCUT2D eigenvalue weighted by Gasteiger charge is 2.10. The van der Waals surface area contributed by atoms with Gasteiger partial charge in [0.15, 0.2) is 0 Å². The first kappa shape index (κ1) is 15.7. The van der Waals surface area contributed by atoms with Crippen LogP contribution in [0.2, 0.25) is 0 Å². The van der Waals surface area contributed by atoms with E-state index in [1.165, 1.54) is 6.20 Å². The fourth-order valence-corrected chi connectivity index (χ4v) is 1.45. The molecule has 1 heterocycles. The highest BCUT2D eigenvalue weighted by atomic mass is 16.2. The van der Waals surface area contributed by atoms with Gasteiger partial charge in [-0.15, -0.1) is 0 Å². The molecule has 0 atom stereocenters. The first-order valence-corrected chi connectivity index (χ1v) is 6.26. The molecule has 0 aliphatic carbocycles. The molecule has 0 spiro atoms. The van der Waals surface area contributed by atoms with Gasteiger partial charge in [0.25, 0.3) is 5.91 Å². The molecule has 0 aromatic carbocycles. The molecule has 1 aromatic heterocycles. The molecule has 0 aliphatic rings. The Labute approximate surface area is 117 Å². The van der Waals surface area contributed by atoms with Crippen molar-refractivity contribution in [1.29, 1.82) is 0 Å². The second-order valence-corrected chi connectivity index (χ2v) is 4.00. The number of aromatic nitrogens is 1. The molecule has 0 radical (unpaired) electrons. The number of hydrogen-bond donors (Lipinski definition) is 3. The molecule has 0 fully saturated rings. The Morgan fingerprint density at radius 1 is 1.45 bits per heavy atom. The maximum absolute atomic E-state index is 11.9. The minimum absolute atomic E-state index is 0.0259. The van der Waals surface area contributed by atoms with Gasteiger partial charge in [-0.2, -0.15) is 0 Å². The zero-order chi connectivity index (χ0) is 14.8. The number of carbonyl (C=O) groups excluding carboxylic acids is 2.